The molecule has 0 saturated carbocycles. The molecule has 3 atom stereocenters. The molecule has 8 fully saturated rings. The van der Waals surface area contributed by atoms with E-state index in [9.17, 15) is 14.4 Å². The highest BCUT2D eigenvalue weighted by Crippen LogP contribution is 2.44. The number of benzene rings is 3. The summed E-state index contributed by atoms with van der Waals surface area (Å²) in [5.41, 5.74) is 11.6. The van der Waals surface area contributed by atoms with Crippen LogP contribution >= 0.6 is 34.0 Å². The van der Waals surface area contributed by atoms with Gasteiger partial charge in [-0.3, -0.25) is 48.9 Å². The van der Waals surface area contributed by atoms with Crippen LogP contribution in [0.1, 0.15) is 135 Å². The van der Waals surface area contributed by atoms with E-state index in [1.165, 1.54) is 10.7 Å². The van der Waals surface area contributed by atoms with Gasteiger partial charge in [-0.05, 0) is 112 Å². The molecule has 0 radical (unpaired) electrons. The Kier molecular flexibility index (Phi) is 30.1. The Morgan fingerprint density at radius 3 is 1.46 bits per heavy atom. The lowest BCUT2D eigenvalue weighted by molar-refractivity contribution is -0.131. The molecule has 8 aliphatic rings. The van der Waals surface area contributed by atoms with Gasteiger partial charge >= 0.3 is 0 Å². The fourth-order valence-corrected chi connectivity index (χ4v) is 21.1. The SMILES string of the molecule is COc1c(C)cc2cccnc2c1N1CCCN(C(CC(=O)N2CCCC2)c2csc(N3CCOCC3)n2)CC1.COc1c(C)cc2cccnc2c1N1CCCN(C(CC(=O)NCCN2CCCC2=O)c2csc(N3CCOCC3)n2)CC1.COc1ccc2cccnc2c1N1CCCN(C(CCN2CCOCC2)c2csc(C(C)C)n2)CC1. The van der Waals surface area contributed by atoms with Crippen molar-refractivity contribution >= 4 is 112 Å². The molecule has 120 heavy (non-hydrogen) atoms. The van der Waals surface area contributed by atoms with Crippen molar-refractivity contribution in [3.63, 3.8) is 0 Å². The van der Waals surface area contributed by atoms with Crippen LogP contribution in [-0.4, -0.2) is 295 Å². The Bertz CT molecular complexity index is 4850. The molecule has 3 aromatic carbocycles. The molecule has 3 unspecified atom stereocenters. The zero-order valence-electron chi connectivity index (χ0n) is 71.3. The number of aromatic nitrogens is 6. The molecule has 0 bridgehead atoms. The number of anilines is 5. The molecule has 27 nitrogen and oxygen atoms in total. The van der Waals surface area contributed by atoms with Crippen molar-refractivity contribution in [1.82, 2.24) is 64.6 Å². The molecule has 3 amide bonds. The largest absolute Gasteiger partial charge is 0.494 e. The number of thiazole rings is 3. The van der Waals surface area contributed by atoms with Crippen molar-refractivity contribution in [2.75, 3.05) is 243 Å². The second-order valence-corrected chi connectivity index (χ2v) is 35.4. The zero-order valence-corrected chi connectivity index (χ0v) is 73.8. The fourth-order valence-electron chi connectivity index (χ4n) is 18.4. The van der Waals surface area contributed by atoms with Gasteiger partial charge in [0.25, 0.3) is 0 Å². The van der Waals surface area contributed by atoms with Crippen molar-refractivity contribution in [3.05, 3.63) is 129 Å². The fraction of sp³-hybridized carbons (Fsp3) is 0.567. The topological polar surface area (TPSA) is 232 Å². The summed E-state index contributed by atoms with van der Waals surface area (Å²) < 4.78 is 34.3. The number of pyridine rings is 3. The highest BCUT2D eigenvalue weighted by Gasteiger charge is 2.36. The normalized spacial score (nSPS) is 19.2. The zero-order chi connectivity index (χ0) is 82.9. The summed E-state index contributed by atoms with van der Waals surface area (Å²) in [5.74, 6) is 3.55. The molecule has 0 aliphatic carbocycles. The summed E-state index contributed by atoms with van der Waals surface area (Å²) in [5, 5.41) is 16.3. The smallest absolute Gasteiger partial charge is 0.224 e. The predicted molar refractivity (Wildman–Crippen MR) is 480 cm³/mol. The van der Waals surface area contributed by atoms with E-state index < -0.39 is 0 Å². The van der Waals surface area contributed by atoms with Crippen LogP contribution in [0.4, 0.5) is 27.3 Å². The summed E-state index contributed by atoms with van der Waals surface area (Å²) in [6.45, 7) is 34.1. The third-order valence-corrected chi connectivity index (χ3v) is 27.8. The summed E-state index contributed by atoms with van der Waals surface area (Å²) in [6, 6.07) is 20.9. The lowest BCUT2D eigenvalue weighted by atomic mass is 10.1. The number of hydrogen-bond donors (Lipinski definition) is 1. The van der Waals surface area contributed by atoms with Crippen molar-refractivity contribution in [2.24, 2.45) is 0 Å². The van der Waals surface area contributed by atoms with Crippen LogP contribution < -0.4 is 44.0 Å². The van der Waals surface area contributed by atoms with Gasteiger partial charge in [0.2, 0.25) is 17.7 Å². The Balaban J connectivity index is 0.000000141. The molecule has 8 aliphatic heterocycles. The highest BCUT2D eigenvalue weighted by atomic mass is 32.1. The monoisotopic (exact) mass is 1690 g/mol. The predicted octanol–water partition coefficient (Wildman–Crippen LogP) is 12.1. The number of amides is 3. The first kappa shape index (κ1) is 86.3. The molecule has 644 valence electrons. The van der Waals surface area contributed by atoms with Gasteiger partial charge in [0.1, 0.15) is 34.3 Å². The van der Waals surface area contributed by atoms with E-state index in [-0.39, 0.29) is 29.8 Å². The van der Waals surface area contributed by atoms with Crippen LogP contribution in [0.3, 0.4) is 0 Å². The second kappa shape index (κ2) is 41.9. The quantitative estimate of drug-likeness (QED) is 0.0560. The number of aryl methyl sites for hydroxylation is 2. The number of fused-ring (bicyclic) bond motifs is 3. The molecule has 1 N–H and O–H groups in total. The van der Waals surface area contributed by atoms with Gasteiger partial charge in [0.15, 0.2) is 10.3 Å². The van der Waals surface area contributed by atoms with E-state index in [1.54, 1.807) is 44.0 Å². The van der Waals surface area contributed by atoms with Gasteiger partial charge in [-0.25, -0.2) is 15.0 Å². The highest BCUT2D eigenvalue weighted by molar-refractivity contribution is 7.14. The first-order valence-corrected chi connectivity index (χ1v) is 46.3. The molecule has 14 heterocycles. The molecule has 30 heteroatoms. The Labute approximate surface area is 719 Å². The number of likely N-dealkylation sites (tertiary alicyclic amines) is 2. The van der Waals surface area contributed by atoms with Gasteiger partial charge in [-0.1, -0.05) is 32.0 Å². The van der Waals surface area contributed by atoms with Crippen LogP contribution in [0.25, 0.3) is 32.7 Å². The number of rotatable bonds is 25. The lowest BCUT2D eigenvalue weighted by Crippen LogP contribution is -2.40. The number of methoxy groups -OCH3 is 3. The van der Waals surface area contributed by atoms with Gasteiger partial charge < -0.3 is 68.0 Å². The standard InChI is InChI=1S/C32H43N7O4S.C30H40N6O3S.C28H39N5O2S/c1-23-20-24-6-3-8-34-29(24)30(31(23)42-2)38-12-5-11-36(14-15-38)26(21-27(40)33-9-13-37-10-4-7-28(37)41)25-22-44-32(35-25)39-16-18-43-19-17-39;1-22-19-23-7-5-8-31-27(23)28(29(22)38-2)35-12-6-11-33(13-14-35)25(20-26(37)34-9-3-4-10-34)24-21-40-30(32-24)36-15-17-39-18-16-36;1-21(2)28-30-23(20-36-28)24(9-13-31-16-18-35-19-17-31)32-11-5-12-33(15-14-32)27-25(34-3)8-7-22-6-4-10-29-26(22)27/h3,6,8,20,22,26H,4-5,7,9-19,21H2,1-2H3,(H,33,40);5,7-8,19,21,25H,3-4,6,9-18,20H2,1-2H3;4,6-8,10,20-21,24H,5,9,11-19H2,1-3H3. The number of morpholine rings is 3. The summed E-state index contributed by atoms with van der Waals surface area (Å²) in [6.07, 6.45) is 14.2. The average molecular weight is 1700 g/mol. The van der Waals surface area contributed by atoms with Gasteiger partial charge in [0.05, 0.1) is 118 Å². The summed E-state index contributed by atoms with van der Waals surface area (Å²) in [4.78, 5) is 94.2. The van der Waals surface area contributed by atoms with Gasteiger partial charge in [-0.2, -0.15) is 0 Å². The van der Waals surface area contributed by atoms with Crippen LogP contribution in [-0.2, 0) is 28.6 Å². The number of hydrogen-bond acceptors (Lipinski definition) is 27. The third-order valence-electron chi connectivity index (χ3n) is 24.8. The molecular weight excluding hydrogens is 1570 g/mol. The minimum absolute atomic E-state index is 0.0146. The Morgan fingerprint density at radius 2 is 0.958 bits per heavy atom. The van der Waals surface area contributed by atoms with Crippen molar-refractivity contribution in [2.45, 2.75) is 116 Å². The van der Waals surface area contributed by atoms with E-state index in [1.807, 2.05) is 57.9 Å². The van der Waals surface area contributed by atoms with E-state index >= 15 is 0 Å². The molecule has 9 aromatic rings. The maximum absolute atomic E-state index is 13.4. The molecular formula is C90H122N18O9S3. The van der Waals surface area contributed by atoms with E-state index in [2.05, 4.69) is 136 Å². The van der Waals surface area contributed by atoms with Crippen LogP contribution in [0.15, 0.2) is 95.4 Å². The first-order valence-electron chi connectivity index (χ1n) is 43.6. The van der Waals surface area contributed by atoms with Crippen molar-refractivity contribution in [3.8, 4) is 17.2 Å². The van der Waals surface area contributed by atoms with E-state index in [0.717, 1.165) is 315 Å². The minimum atomic E-state index is -0.149. The molecule has 0 spiro atoms. The first-order chi connectivity index (χ1) is 58.8. The maximum atomic E-state index is 13.4. The Morgan fingerprint density at radius 1 is 0.475 bits per heavy atom. The maximum Gasteiger partial charge on any atom is 0.224 e. The minimum Gasteiger partial charge on any atom is -0.494 e. The number of nitrogens with one attached hydrogen (secondary N) is 1. The summed E-state index contributed by atoms with van der Waals surface area (Å²) in [7, 11) is 5.24. The lowest BCUT2D eigenvalue weighted by Gasteiger charge is -2.33. The third kappa shape index (κ3) is 21.0. The van der Waals surface area contributed by atoms with Crippen molar-refractivity contribution in [1.29, 1.82) is 0 Å². The Hall–Kier alpha value is -8.69. The van der Waals surface area contributed by atoms with Crippen LogP contribution in [0, 0.1) is 13.8 Å². The second-order valence-electron chi connectivity index (χ2n) is 32.8. The molecule has 6 aromatic heterocycles. The number of ether oxygens (including phenoxy) is 6. The van der Waals surface area contributed by atoms with E-state index in [0.29, 0.717) is 57.5 Å². The van der Waals surface area contributed by atoms with Gasteiger partial charge in [0, 0.05) is 233 Å². The van der Waals surface area contributed by atoms with E-state index in [4.69, 9.17) is 58.3 Å². The number of carbonyl (C=O) groups excluding carboxylic acids is 3. The van der Waals surface area contributed by atoms with Gasteiger partial charge in [-0.15, -0.1) is 34.0 Å². The molecule has 17 rings (SSSR count). The van der Waals surface area contributed by atoms with Crippen LogP contribution in [0.2, 0.25) is 0 Å². The molecule has 8 saturated heterocycles. The van der Waals surface area contributed by atoms with Crippen LogP contribution in [0.5, 0.6) is 17.2 Å². The number of nitrogens with zero attached hydrogens (tertiary/aromatic N) is 17. The number of carbonyl (C=O) groups is 3. The van der Waals surface area contributed by atoms with Crippen molar-refractivity contribution < 1.29 is 42.8 Å². The average Bonchev–Trinajstić information content (AvgIpc) is 1.02. The summed E-state index contributed by atoms with van der Waals surface area (Å²) >= 11 is 5.15.